The Balaban J connectivity index is 2.11. The summed E-state index contributed by atoms with van der Waals surface area (Å²) in [7, 11) is 0. The lowest BCUT2D eigenvalue weighted by Gasteiger charge is -2.19. The van der Waals surface area contributed by atoms with E-state index in [1.54, 1.807) is 22.9 Å². The first-order valence-corrected chi connectivity index (χ1v) is 5.88. The molecule has 0 saturated heterocycles. The molecule has 0 aromatic carbocycles. The molecular weight excluding hydrogens is 248 g/mol. The van der Waals surface area contributed by atoms with Crippen molar-refractivity contribution in [1.82, 2.24) is 14.5 Å². The fourth-order valence-electron chi connectivity index (χ4n) is 2.44. The monoisotopic (exact) mass is 262 g/mol. The van der Waals surface area contributed by atoms with Crippen molar-refractivity contribution in [2.24, 2.45) is 0 Å². The first kappa shape index (κ1) is 12.1. The number of anilines is 1. The Kier molecular flexibility index (Phi) is 2.74. The molecule has 0 aliphatic heterocycles. The van der Waals surface area contributed by atoms with Crippen LogP contribution in [0.1, 0.15) is 6.04 Å². The maximum Gasteiger partial charge on any atom is 0.146 e. The van der Waals surface area contributed by atoms with Gasteiger partial charge in [0, 0.05) is 6.20 Å². The number of aromatic nitrogens is 3. The molecule has 1 aliphatic rings. The number of nitrogen functional groups attached to an aromatic ring is 1. The summed E-state index contributed by atoms with van der Waals surface area (Å²) in [6.45, 7) is -0.287. The SMILES string of the molecule is Nc1ncnc2c1ccn2[C@@H]1C=C(CO)[C@H](O)C1O. The second kappa shape index (κ2) is 4.30. The molecule has 19 heavy (non-hydrogen) atoms. The van der Waals surface area contributed by atoms with Crippen molar-refractivity contribution >= 4 is 16.9 Å². The van der Waals surface area contributed by atoms with Crippen LogP contribution in [0.15, 0.2) is 30.2 Å². The molecule has 0 amide bonds. The zero-order valence-electron chi connectivity index (χ0n) is 10.0. The topological polar surface area (TPSA) is 117 Å². The molecule has 0 spiro atoms. The zero-order chi connectivity index (χ0) is 13.6. The molecule has 0 radical (unpaired) electrons. The van der Waals surface area contributed by atoms with Gasteiger partial charge in [0.2, 0.25) is 0 Å². The lowest BCUT2D eigenvalue weighted by Crippen LogP contribution is -2.30. The van der Waals surface area contributed by atoms with Gasteiger partial charge in [-0.1, -0.05) is 6.08 Å². The van der Waals surface area contributed by atoms with Gasteiger partial charge in [-0.25, -0.2) is 9.97 Å². The Morgan fingerprint density at radius 1 is 1.32 bits per heavy atom. The number of rotatable bonds is 2. The quantitative estimate of drug-likeness (QED) is 0.527. The highest BCUT2D eigenvalue weighted by Crippen LogP contribution is 2.32. The Labute approximate surface area is 108 Å². The molecule has 1 aliphatic carbocycles. The van der Waals surface area contributed by atoms with Crippen LogP contribution in [0.3, 0.4) is 0 Å². The number of hydrogen-bond donors (Lipinski definition) is 4. The average Bonchev–Trinajstić information content (AvgIpc) is 2.94. The third-order valence-electron chi connectivity index (χ3n) is 3.48. The molecule has 2 heterocycles. The smallest absolute Gasteiger partial charge is 0.146 e. The van der Waals surface area contributed by atoms with E-state index in [0.717, 1.165) is 0 Å². The van der Waals surface area contributed by atoms with E-state index in [-0.39, 0.29) is 6.61 Å². The predicted octanol–water partition coefficient (Wildman–Crippen LogP) is -0.791. The maximum atomic E-state index is 10.1. The molecule has 3 rings (SSSR count). The molecule has 7 nitrogen and oxygen atoms in total. The fourth-order valence-corrected chi connectivity index (χ4v) is 2.44. The Bertz CT molecular complexity index is 651. The molecule has 3 atom stereocenters. The normalized spacial score (nSPS) is 26.9. The van der Waals surface area contributed by atoms with E-state index >= 15 is 0 Å². The van der Waals surface area contributed by atoms with Crippen molar-refractivity contribution < 1.29 is 15.3 Å². The summed E-state index contributed by atoms with van der Waals surface area (Å²) in [5.74, 6) is 0.364. The largest absolute Gasteiger partial charge is 0.392 e. The van der Waals surface area contributed by atoms with Gasteiger partial charge in [0.05, 0.1) is 18.0 Å². The Morgan fingerprint density at radius 2 is 2.11 bits per heavy atom. The summed E-state index contributed by atoms with van der Waals surface area (Å²) in [5, 5.41) is 29.7. The van der Waals surface area contributed by atoms with Crippen LogP contribution in [0.2, 0.25) is 0 Å². The van der Waals surface area contributed by atoms with Crippen LogP contribution < -0.4 is 5.73 Å². The van der Waals surface area contributed by atoms with Crippen molar-refractivity contribution in [3.05, 3.63) is 30.2 Å². The molecule has 2 aromatic heterocycles. The van der Waals surface area contributed by atoms with Crippen molar-refractivity contribution in [2.45, 2.75) is 18.2 Å². The summed E-state index contributed by atoms with van der Waals surface area (Å²) in [4.78, 5) is 8.04. The van der Waals surface area contributed by atoms with E-state index in [1.807, 2.05) is 0 Å². The number of nitrogens with two attached hydrogens (primary N) is 1. The average molecular weight is 262 g/mol. The van der Waals surface area contributed by atoms with Gasteiger partial charge in [0.25, 0.3) is 0 Å². The first-order chi connectivity index (χ1) is 9.13. The van der Waals surface area contributed by atoms with E-state index in [9.17, 15) is 10.2 Å². The summed E-state index contributed by atoms with van der Waals surface area (Å²) in [5.41, 5.74) is 6.74. The molecule has 100 valence electrons. The Morgan fingerprint density at radius 3 is 2.79 bits per heavy atom. The minimum Gasteiger partial charge on any atom is -0.392 e. The number of hydrogen-bond acceptors (Lipinski definition) is 6. The molecule has 0 fully saturated rings. The van der Waals surface area contributed by atoms with Gasteiger partial charge in [-0.05, 0) is 11.6 Å². The highest BCUT2D eigenvalue weighted by molar-refractivity contribution is 5.86. The van der Waals surface area contributed by atoms with Gasteiger partial charge < -0.3 is 25.6 Å². The van der Waals surface area contributed by atoms with Crippen molar-refractivity contribution in [3.8, 4) is 0 Å². The molecule has 0 saturated carbocycles. The van der Waals surface area contributed by atoms with Crippen LogP contribution in [0.25, 0.3) is 11.0 Å². The van der Waals surface area contributed by atoms with Gasteiger partial charge in [-0.15, -0.1) is 0 Å². The minimum absolute atomic E-state index is 0.287. The van der Waals surface area contributed by atoms with Gasteiger partial charge in [0.1, 0.15) is 30.0 Å². The van der Waals surface area contributed by atoms with Gasteiger partial charge >= 0.3 is 0 Å². The lowest BCUT2D eigenvalue weighted by atomic mass is 10.1. The van der Waals surface area contributed by atoms with Crippen LogP contribution >= 0.6 is 0 Å². The van der Waals surface area contributed by atoms with E-state index < -0.39 is 18.2 Å². The molecule has 1 unspecified atom stereocenters. The minimum atomic E-state index is -1.06. The van der Waals surface area contributed by atoms with Gasteiger partial charge in [0.15, 0.2) is 0 Å². The van der Waals surface area contributed by atoms with Crippen molar-refractivity contribution in [2.75, 3.05) is 12.3 Å². The number of aliphatic hydroxyl groups excluding tert-OH is 3. The predicted molar refractivity (Wildman–Crippen MR) is 68.2 cm³/mol. The lowest BCUT2D eigenvalue weighted by molar-refractivity contribution is 0.0288. The fraction of sp³-hybridized carbons (Fsp3) is 0.333. The summed E-state index contributed by atoms with van der Waals surface area (Å²) in [6.07, 6.45) is 2.64. The number of fused-ring (bicyclic) bond motifs is 1. The van der Waals surface area contributed by atoms with E-state index in [1.165, 1.54) is 6.33 Å². The zero-order valence-corrected chi connectivity index (χ0v) is 10.0. The van der Waals surface area contributed by atoms with E-state index in [4.69, 9.17) is 10.8 Å². The standard InChI is InChI=1S/C12H14N4O3/c13-11-7-1-2-16(12(7)15-5-14-11)8-3-6(4-17)9(18)10(8)19/h1-3,5,8-10,17-19H,4H2,(H2,13,14,15)/t8-,9+,10?/m1/s1. The first-order valence-electron chi connectivity index (χ1n) is 5.88. The third-order valence-corrected chi connectivity index (χ3v) is 3.48. The van der Waals surface area contributed by atoms with Crippen LogP contribution in [-0.2, 0) is 0 Å². The van der Waals surface area contributed by atoms with Crippen molar-refractivity contribution in [3.63, 3.8) is 0 Å². The Hall–Kier alpha value is -1.96. The van der Waals surface area contributed by atoms with Crippen LogP contribution in [-0.4, -0.2) is 48.7 Å². The van der Waals surface area contributed by atoms with Crippen molar-refractivity contribution in [1.29, 1.82) is 0 Å². The molecule has 7 heteroatoms. The summed E-state index contributed by atoms with van der Waals surface area (Å²) in [6, 6.07) is 1.28. The second-order valence-electron chi connectivity index (χ2n) is 4.54. The van der Waals surface area contributed by atoms with Crippen LogP contribution in [0.4, 0.5) is 5.82 Å². The number of nitrogens with zero attached hydrogens (tertiary/aromatic N) is 3. The molecule has 0 bridgehead atoms. The van der Waals surface area contributed by atoms with E-state index in [2.05, 4.69) is 9.97 Å². The molecule has 5 N–H and O–H groups in total. The van der Waals surface area contributed by atoms with Crippen LogP contribution in [0.5, 0.6) is 0 Å². The van der Waals surface area contributed by atoms with Crippen LogP contribution in [0, 0.1) is 0 Å². The second-order valence-corrected chi connectivity index (χ2v) is 4.54. The summed E-state index contributed by atoms with van der Waals surface area (Å²) < 4.78 is 1.71. The van der Waals surface area contributed by atoms with Gasteiger partial charge in [-0.3, -0.25) is 0 Å². The highest BCUT2D eigenvalue weighted by atomic mass is 16.3. The number of aliphatic hydroxyl groups is 3. The molecule has 2 aromatic rings. The highest BCUT2D eigenvalue weighted by Gasteiger charge is 2.35. The summed E-state index contributed by atoms with van der Waals surface area (Å²) >= 11 is 0. The third kappa shape index (κ3) is 1.71. The van der Waals surface area contributed by atoms with Gasteiger partial charge in [-0.2, -0.15) is 0 Å². The maximum absolute atomic E-state index is 10.1. The molecular formula is C12H14N4O3. The van der Waals surface area contributed by atoms with E-state index in [0.29, 0.717) is 22.4 Å².